The lowest BCUT2D eigenvalue weighted by molar-refractivity contribution is 0.167. The predicted molar refractivity (Wildman–Crippen MR) is 48.7 cm³/mol. The molecule has 1 aromatic rings. The summed E-state index contributed by atoms with van der Waals surface area (Å²) in [7, 11) is 0. The van der Waals surface area contributed by atoms with E-state index in [0.717, 1.165) is 5.69 Å². The standard InChI is InChI=1S/C9H14N2O2/c1-6(12)5-11-9(13)4-8(10-11)7-2-3-7/h4,6-7,10,12H,2-3,5H2,1H3. The van der Waals surface area contributed by atoms with Crippen molar-refractivity contribution in [2.75, 3.05) is 0 Å². The summed E-state index contributed by atoms with van der Waals surface area (Å²) in [5.74, 6) is 0.558. The molecule has 0 aliphatic heterocycles. The van der Waals surface area contributed by atoms with Crippen LogP contribution < -0.4 is 5.56 Å². The van der Waals surface area contributed by atoms with Gasteiger partial charge in [0.05, 0.1) is 12.6 Å². The van der Waals surface area contributed by atoms with Crippen LogP contribution in [-0.2, 0) is 6.54 Å². The highest BCUT2D eigenvalue weighted by atomic mass is 16.3. The monoisotopic (exact) mass is 182 g/mol. The van der Waals surface area contributed by atoms with Crippen LogP contribution in [0.25, 0.3) is 0 Å². The number of aliphatic hydroxyl groups is 1. The first-order valence-corrected chi connectivity index (χ1v) is 4.64. The van der Waals surface area contributed by atoms with Crippen molar-refractivity contribution < 1.29 is 5.11 Å². The number of aliphatic hydroxyl groups excluding tert-OH is 1. The van der Waals surface area contributed by atoms with E-state index in [2.05, 4.69) is 5.10 Å². The Morgan fingerprint density at radius 2 is 2.46 bits per heavy atom. The van der Waals surface area contributed by atoms with Crippen molar-refractivity contribution in [1.29, 1.82) is 0 Å². The fourth-order valence-electron chi connectivity index (χ4n) is 1.46. The second-order valence-corrected chi connectivity index (χ2v) is 3.78. The van der Waals surface area contributed by atoms with Crippen molar-refractivity contribution in [3.05, 3.63) is 22.1 Å². The van der Waals surface area contributed by atoms with Crippen LogP contribution in [0.3, 0.4) is 0 Å². The Kier molecular flexibility index (Phi) is 2.00. The second kappa shape index (κ2) is 3.03. The molecule has 0 amide bonds. The first-order chi connectivity index (χ1) is 6.16. The molecular weight excluding hydrogens is 168 g/mol. The molecular formula is C9H14N2O2. The van der Waals surface area contributed by atoms with Crippen molar-refractivity contribution >= 4 is 0 Å². The molecule has 2 N–H and O–H groups in total. The molecule has 1 atom stereocenters. The summed E-state index contributed by atoms with van der Waals surface area (Å²) in [5, 5.41) is 12.1. The number of nitrogens with zero attached hydrogens (tertiary/aromatic N) is 1. The third kappa shape index (κ3) is 1.83. The topological polar surface area (TPSA) is 58.0 Å². The first-order valence-electron chi connectivity index (χ1n) is 4.64. The van der Waals surface area contributed by atoms with Crippen LogP contribution >= 0.6 is 0 Å². The minimum absolute atomic E-state index is 0.0391. The zero-order chi connectivity index (χ0) is 9.42. The van der Waals surface area contributed by atoms with Crippen LogP contribution in [0.15, 0.2) is 10.9 Å². The van der Waals surface area contributed by atoms with Gasteiger partial charge in [0, 0.05) is 17.7 Å². The average Bonchev–Trinajstić information content (AvgIpc) is 2.79. The highest BCUT2D eigenvalue weighted by Gasteiger charge is 2.25. The number of aromatic amines is 1. The van der Waals surface area contributed by atoms with Crippen LogP contribution in [0.5, 0.6) is 0 Å². The highest BCUT2D eigenvalue weighted by Crippen LogP contribution is 2.38. The van der Waals surface area contributed by atoms with Crippen LogP contribution in [0.2, 0.25) is 0 Å². The van der Waals surface area contributed by atoms with E-state index in [1.165, 1.54) is 17.5 Å². The molecule has 1 heterocycles. The third-order valence-corrected chi connectivity index (χ3v) is 2.27. The molecule has 2 rings (SSSR count). The van der Waals surface area contributed by atoms with Gasteiger partial charge in [-0.2, -0.15) is 0 Å². The Balaban J connectivity index is 2.20. The summed E-state index contributed by atoms with van der Waals surface area (Å²) < 4.78 is 1.47. The maximum atomic E-state index is 11.3. The van der Waals surface area contributed by atoms with Crippen LogP contribution in [0.1, 0.15) is 31.4 Å². The minimum atomic E-state index is -0.483. The van der Waals surface area contributed by atoms with Gasteiger partial charge in [-0.05, 0) is 19.8 Å². The summed E-state index contributed by atoms with van der Waals surface area (Å²) in [4.78, 5) is 11.3. The Morgan fingerprint density at radius 1 is 1.77 bits per heavy atom. The van der Waals surface area contributed by atoms with E-state index in [1.807, 2.05) is 0 Å². The van der Waals surface area contributed by atoms with E-state index in [-0.39, 0.29) is 5.56 Å². The van der Waals surface area contributed by atoms with Gasteiger partial charge in [0.15, 0.2) is 0 Å². The van der Waals surface area contributed by atoms with Crippen molar-refractivity contribution in [2.45, 2.75) is 38.3 Å². The highest BCUT2D eigenvalue weighted by molar-refractivity contribution is 5.12. The zero-order valence-electron chi connectivity index (χ0n) is 7.66. The molecule has 4 nitrogen and oxygen atoms in total. The van der Waals surface area contributed by atoms with Crippen LogP contribution in [0, 0.1) is 0 Å². The molecule has 1 unspecified atom stereocenters. The van der Waals surface area contributed by atoms with E-state index in [4.69, 9.17) is 5.11 Å². The number of aromatic nitrogens is 2. The molecule has 0 spiro atoms. The van der Waals surface area contributed by atoms with E-state index in [0.29, 0.717) is 12.5 Å². The molecule has 0 aromatic carbocycles. The van der Waals surface area contributed by atoms with Gasteiger partial charge in [-0.25, -0.2) is 0 Å². The molecule has 1 aromatic heterocycles. The molecule has 0 bridgehead atoms. The van der Waals surface area contributed by atoms with E-state index >= 15 is 0 Å². The maximum Gasteiger partial charge on any atom is 0.266 e. The summed E-state index contributed by atoms with van der Waals surface area (Å²) in [6, 6.07) is 1.64. The number of H-pyrrole nitrogens is 1. The van der Waals surface area contributed by atoms with Crippen molar-refractivity contribution in [3.8, 4) is 0 Å². The van der Waals surface area contributed by atoms with Gasteiger partial charge in [-0.1, -0.05) is 0 Å². The largest absolute Gasteiger partial charge is 0.391 e. The number of rotatable bonds is 3. The van der Waals surface area contributed by atoms with Crippen molar-refractivity contribution in [1.82, 2.24) is 9.78 Å². The van der Waals surface area contributed by atoms with Gasteiger partial charge in [-0.15, -0.1) is 0 Å². The lowest BCUT2D eigenvalue weighted by Gasteiger charge is -2.03. The van der Waals surface area contributed by atoms with Crippen molar-refractivity contribution in [3.63, 3.8) is 0 Å². The van der Waals surface area contributed by atoms with Crippen LogP contribution in [0.4, 0.5) is 0 Å². The summed E-state index contributed by atoms with van der Waals surface area (Å²) in [6.07, 6.45) is 1.87. The van der Waals surface area contributed by atoms with E-state index in [9.17, 15) is 4.79 Å². The lowest BCUT2D eigenvalue weighted by atomic mass is 10.3. The van der Waals surface area contributed by atoms with Crippen molar-refractivity contribution in [2.24, 2.45) is 0 Å². The minimum Gasteiger partial charge on any atom is -0.391 e. The van der Waals surface area contributed by atoms with Crippen LogP contribution in [-0.4, -0.2) is 21.0 Å². The number of hydrogen-bond donors (Lipinski definition) is 2. The SMILES string of the molecule is CC(O)Cn1[nH]c(C2CC2)cc1=O. The van der Waals surface area contributed by atoms with Gasteiger partial charge >= 0.3 is 0 Å². The fraction of sp³-hybridized carbons (Fsp3) is 0.667. The summed E-state index contributed by atoms with van der Waals surface area (Å²) >= 11 is 0. The quantitative estimate of drug-likeness (QED) is 0.712. The molecule has 0 saturated heterocycles. The molecule has 0 radical (unpaired) electrons. The Labute approximate surface area is 76.2 Å². The molecule has 1 fully saturated rings. The average molecular weight is 182 g/mol. The molecule has 72 valence electrons. The molecule has 1 aliphatic rings. The Bertz CT molecular complexity index is 347. The first kappa shape index (κ1) is 8.56. The van der Waals surface area contributed by atoms with Gasteiger partial charge in [0.25, 0.3) is 5.56 Å². The summed E-state index contributed by atoms with van der Waals surface area (Å²) in [5.41, 5.74) is 0.980. The van der Waals surface area contributed by atoms with Gasteiger partial charge in [0.2, 0.25) is 0 Å². The Hall–Kier alpha value is -1.03. The molecule has 1 saturated carbocycles. The molecule has 13 heavy (non-hydrogen) atoms. The Morgan fingerprint density at radius 3 is 3.00 bits per heavy atom. The van der Waals surface area contributed by atoms with Gasteiger partial charge < -0.3 is 5.11 Å². The van der Waals surface area contributed by atoms with E-state index in [1.54, 1.807) is 13.0 Å². The maximum absolute atomic E-state index is 11.3. The molecule has 1 aliphatic carbocycles. The van der Waals surface area contributed by atoms with Gasteiger partial charge in [0.1, 0.15) is 0 Å². The van der Waals surface area contributed by atoms with Gasteiger partial charge in [-0.3, -0.25) is 14.6 Å². The normalized spacial score (nSPS) is 18.9. The smallest absolute Gasteiger partial charge is 0.266 e. The zero-order valence-corrected chi connectivity index (χ0v) is 7.66. The summed E-state index contributed by atoms with van der Waals surface area (Å²) in [6.45, 7) is 2.02. The second-order valence-electron chi connectivity index (χ2n) is 3.78. The molecule has 4 heteroatoms. The number of nitrogens with one attached hydrogen (secondary N) is 1. The fourth-order valence-corrected chi connectivity index (χ4v) is 1.46. The predicted octanol–water partition coefficient (Wildman–Crippen LogP) is 0.435. The number of hydrogen-bond acceptors (Lipinski definition) is 2. The van der Waals surface area contributed by atoms with E-state index < -0.39 is 6.10 Å². The third-order valence-electron chi connectivity index (χ3n) is 2.27. The lowest BCUT2D eigenvalue weighted by Crippen LogP contribution is -2.22.